The number of ketones is 1. The molecule has 2 aromatic rings. The summed E-state index contributed by atoms with van der Waals surface area (Å²) < 4.78 is 5.08. The molecule has 2 aromatic carbocycles. The van der Waals surface area contributed by atoms with Gasteiger partial charge in [0.25, 0.3) is 0 Å². The summed E-state index contributed by atoms with van der Waals surface area (Å²) >= 11 is 0. The largest absolute Gasteiger partial charge is 0.497 e. The number of ether oxygens (including phenoxy) is 1. The van der Waals surface area contributed by atoms with Crippen LogP contribution in [0.15, 0.2) is 54.6 Å². The van der Waals surface area contributed by atoms with Crippen molar-refractivity contribution in [2.24, 2.45) is 0 Å². The smallest absolute Gasteiger partial charge is 0.217 e. The molecule has 1 atom stereocenters. The van der Waals surface area contributed by atoms with Gasteiger partial charge >= 0.3 is 0 Å². The van der Waals surface area contributed by atoms with Crippen LogP contribution in [0.3, 0.4) is 0 Å². The molecule has 0 aliphatic carbocycles. The van der Waals surface area contributed by atoms with Gasteiger partial charge in [0.15, 0.2) is 5.78 Å². The number of carbonyl (C=O) groups is 2. The van der Waals surface area contributed by atoms with Crippen molar-refractivity contribution in [1.29, 1.82) is 0 Å². The summed E-state index contributed by atoms with van der Waals surface area (Å²) in [5, 5.41) is 2.83. The zero-order valence-corrected chi connectivity index (χ0v) is 12.7. The Bertz CT molecular complexity index is 635. The van der Waals surface area contributed by atoms with E-state index < -0.39 is 0 Å². The van der Waals surface area contributed by atoms with Crippen molar-refractivity contribution in [3.8, 4) is 5.75 Å². The highest BCUT2D eigenvalue weighted by Crippen LogP contribution is 2.20. The predicted octanol–water partition coefficient (Wildman–Crippen LogP) is 3.15. The van der Waals surface area contributed by atoms with Crippen molar-refractivity contribution >= 4 is 11.7 Å². The van der Waals surface area contributed by atoms with Crippen LogP contribution in [0.1, 0.15) is 35.3 Å². The van der Waals surface area contributed by atoms with Crippen molar-refractivity contribution in [3.63, 3.8) is 0 Å². The fourth-order valence-electron chi connectivity index (χ4n) is 2.26. The maximum absolute atomic E-state index is 12.4. The Kier molecular flexibility index (Phi) is 5.31. The van der Waals surface area contributed by atoms with Crippen LogP contribution in [-0.4, -0.2) is 18.8 Å². The molecule has 0 saturated carbocycles. The minimum atomic E-state index is -0.326. The molecule has 1 unspecified atom stereocenters. The van der Waals surface area contributed by atoms with Gasteiger partial charge in [0.1, 0.15) is 5.75 Å². The van der Waals surface area contributed by atoms with E-state index in [-0.39, 0.29) is 24.2 Å². The molecule has 0 bridgehead atoms. The number of rotatable bonds is 6. The van der Waals surface area contributed by atoms with E-state index in [0.717, 1.165) is 5.56 Å². The van der Waals surface area contributed by atoms with E-state index in [1.807, 2.05) is 30.3 Å². The monoisotopic (exact) mass is 297 g/mol. The van der Waals surface area contributed by atoms with E-state index in [0.29, 0.717) is 11.3 Å². The SMILES string of the molecule is COc1ccc(C(=O)CC(NC(C)=O)c2ccccc2)cc1. The van der Waals surface area contributed by atoms with E-state index in [1.165, 1.54) is 6.92 Å². The second kappa shape index (κ2) is 7.41. The number of nitrogens with one attached hydrogen (secondary N) is 1. The molecule has 22 heavy (non-hydrogen) atoms. The fourth-order valence-corrected chi connectivity index (χ4v) is 2.26. The highest BCUT2D eigenvalue weighted by Gasteiger charge is 2.18. The van der Waals surface area contributed by atoms with Gasteiger partial charge in [-0.25, -0.2) is 0 Å². The van der Waals surface area contributed by atoms with Crippen LogP contribution in [0.25, 0.3) is 0 Å². The molecule has 4 heteroatoms. The van der Waals surface area contributed by atoms with Crippen LogP contribution < -0.4 is 10.1 Å². The van der Waals surface area contributed by atoms with Crippen LogP contribution in [-0.2, 0) is 4.79 Å². The Hall–Kier alpha value is -2.62. The minimum absolute atomic E-state index is 0.0229. The molecule has 4 nitrogen and oxygen atoms in total. The average molecular weight is 297 g/mol. The predicted molar refractivity (Wildman–Crippen MR) is 84.9 cm³/mol. The molecular formula is C18H19NO3. The summed E-state index contributed by atoms with van der Waals surface area (Å²) in [6.07, 6.45) is 0.218. The second-order valence-electron chi connectivity index (χ2n) is 5.02. The van der Waals surface area contributed by atoms with Crippen molar-refractivity contribution < 1.29 is 14.3 Å². The zero-order valence-electron chi connectivity index (χ0n) is 12.7. The summed E-state index contributed by atoms with van der Waals surface area (Å²) in [6, 6.07) is 16.1. The number of benzene rings is 2. The Balaban J connectivity index is 2.15. The van der Waals surface area contributed by atoms with Gasteiger partial charge in [0.2, 0.25) is 5.91 Å². The number of hydrogen-bond donors (Lipinski definition) is 1. The van der Waals surface area contributed by atoms with E-state index in [2.05, 4.69) is 5.32 Å². The molecule has 0 aliphatic heterocycles. The number of hydrogen-bond acceptors (Lipinski definition) is 3. The molecule has 0 aliphatic rings. The third kappa shape index (κ3) is 4.19. The van der Waals surface area contributed by atoms with Gasteiger partial charge in [-0.1, -0.05) is 30.3 Å². The molecule has 0 spiro atoms. The lowest BCUT2D eigenvalue weighted by atomic mass is 9.98. The molecule has 1 amide bonds. The van der Waals surface area contributed by atoms with Crippen LogP contribution >= 0.6 is 0 Å². The molecule has 0 heterocycles. The van der Waals surface area contributed by atoms with E-state index in [4.69, 9.17) is 4.74 Å². The maximum atomic E-state index is 12.4. The lowest BCUT2D eigenvalue weighted by molar-refractivity contribution is -0.119. The molecule has 2 rings (SSSR count). The van der Waals surface area contributed by atoms with Crippen LogP contribution in [0, 0.1) is 0 Å². The van der Waals surface area contributed by atoms with Crippen LogP contribution in [0.4, 0.5) is 0 Å². The molecule has 1 N–H and O–H groups in total. The summed E-state index contributed by atoms with van der Waals surface area (Å²) in [4.78, 5) is 23.8. The van der Waals surface area contributed by atoms with Gasteiger partial charge in [-0.05, 0) is 29.8 Å². The molecule has 0 aromatic heterocycles. The number of amides is 1. The third-order valence-corrected chi connectivity index (χ3v) is 3.38. The van der Waals surface area contributed by atoms with Crippen LogP contribution in [0.2, 0.25) is 0 Å². The van der Waals surface area contributed by atoms with E-state index >= 15 is 0 Å². The van der Waals surface area contributed by atoms with Crippen molar-refractivity contribution in [2.75, 3.05) is 7.11 Å². The quantitative estimate of drug-likeness (QED) is 0.833. The second-order valence-corrected chi connectivity index (χ2v) is 5.02. The number of carbonyl (C=O) groups excluding carboxylic acids is 2. The first-order valence-electron chi connectivity index (χ1n) is 7.09. The zero-order chi connectivity index (χ0) is 15.9. The van der Waals surface area contributed by atoms with Gasteiger partial charge < -0.3 is 10.1 Å². The Morgan fingerprint density at radius 3 is 2.23 bits per heavy atom. The Labute approximate surface area is 130 Å². The lowest BCUT2D eigenvalue weighted by Gasteiger charge is -2.17. The first-order chi connectivity index (χ1) is 10.6. The highest BCUT2D eigenvalue weighted by molar-refractivity contribution is 5.96. The normalized spacial score (nSPS) is 11.5. The standard InChI is InChI=1S/C18H19NO3/c1-13(20)19-17(14-6-4-3-5-7-14)12-18(21)15-8-10-16(22-2)11-9-15/h3-11,17H,12H2,1-2H3,(H,19,20). The Morgan fingerprint density at radius 2 is 1.68 bits per heavy atom. The number of methoxy groups -OCH3 is 1. The molecule has 0 fully saturated rings. The minimum Gasteiger partial charge on any atom is -0.497 e. The van der Waals surface area contributed by atoms with Crippen LogP contribution in [0.5, 0.6) is 5.75 Å². The fraction of sp³-hybridized carbons (Fsp3) is 0.222. The van der Waals surface area contributed by atoms with Gasteiger partial charge in [-0.3, -0.25) is 9.59 Å². The van der Waals surface area contributed by atoms with Gasteiger partial charge in [-0.2, -0.15) is 0 Å². The molecule has 0 saturated heterocycles. The first kappa shape index (κ1) is 15.8. The summed E-state index contributed by atoms with van der Waals surface area (Å²) in [5.41, 5.74) is 1.52. The maximum Gasteiger partial charge on any atom is 0.217 e. The first-order valence-corrected chi connectivity index (χ1v) is 7.09. The van der Waals surface area contributed by atoms with Gasteiger partial charge in [0, 0.05) is 18.9 Å². The van der Waals surface area contributed by atoms with Gasteiger partial charge in [-0.15, -0.1) is 0 Å². The van der Waals surface area contributed by atoms with Crippen molar-refractivity contribution in [3.05, 3.63) is 65.7 Å². The summed E-state index contributed by atoms with van der Waals surface area (Å²) in [7, 11) is 1.58. The topological polar surface area (TPSA) is 55.4 Å². The Morgan fingerprint density at radius 1 is 1.05 bits per heavy atom. The highest BCUT2D eigenvalue weighted by atomic mass is 16.5. The number of Topliss-reactive ketones (excluding diaryl/α,β-unsaturated/α-hetero) is 1. The summed E-state index contributed by atoms with van der Waals surface area (Å²) in [6.45, 7) is 1.45. The van der Waals surface area contributed by atoms with E-state index in [9.17, 15) is 9.59 Å². The lowest BCUT2D eigenvalue weighted by Crippen LogP contribution is -2.28. The third-order valence-electron chi connectivity index (χ3n) is 3.38. The molecule has 114 valence electrons. The van der Waals surface area contributed by atoms with E-state index in [1.54, 1.807) is 31.4 Å². The molecule has 0 radical (unpaired) electrons. The molecular weight excluding hydrogens is 278 g/mol. The van der Waals surface area contributed by atoms with Crippen molar-refractivity contribution in [2.45, 2.75) is 19.4 Å². The average Bonchev–Trinajstić information content (AvgIpc) is 2.54. The van der Waals surface area contributed by atoms with Crippen molar-refractivity contribution in [1.82, 2.24) is 5.32 Å². The summed E-state index contributed by atoms with van der Waals surface area (Å²) in [5.74, 6) is 0.527. The van der Waals surface area contributed by atoms with Gasteiger partial charge in [0.05, 0.1) is 13.2 Å².